The van der Waals surface area contributed by atoms with Crippen molar-refractivity contribution in [1.29, 1.82) is 0 Å². The number of benzene rings is 1. The Morgan fingerprint density at radius 1 is 1.47 bits per heavy atom. The van der Waals surface area contributed by atoms with E-state index < -0.39 is 4.92 Å². The van der Waals surface area contributed by atoms with Gasteiger partial charge < -0.3 is 9.15 Å². The summed E-state index contributed by atoms with van der Waals surface area (Å²) in [4.78, 5) is 10.6. The van der Waals surface area contributed by atoms with Gasteiger partial charge in [0.2, 0.25) is 0 Å². The van der Waals surface area contributed by atoms with Crippen LogP contribution in [0.25, 0.3) is 11.0 Å². The largest absolute Gasteiger partial charge is 0.493 e. The number of fused-ring (bicyclic) bond motifs is 1. The molecule has 0 bridgehead atoms. The molecule has 0 aliphatic rings. The van der Waals surface area contributed by atoms with E-state index in [1.807, 2.05) is 13.0 Å². The van der Waals surface area contributed by atoms with Crippen LogP contribution in [0.15, 0.2) is 21.0 Å². The Bertz CT molecular complexity index is 621. The van der Waals surface area contributed by atoms with Crippen molar-refractivity contribution in [3.63, 3.8) is 0 Å². The molecule has 0 fully saturated rings. The van der Waals surface area contributed by atoms with Crippen molar-refractivity contribution in [1.82, 2.24) is 0 Å². The van der Waals surface area contributed by atoms with Crippen LogP contribution in [0.5, 0.6) is 5.75 Å². The second kappa shape index (κ2) is 5.61. The fraction of sp³-hybridized carbons (Fsp3) is 0.385. The highest BCUT2D eigenvalue weighted by molar-refractivity contribution is 9.10. The summed E-state index contributed by atoms with van der Waals surface area (Å²) in [6, 6.07) is 3.57. The van der Waals surface area contributed by atoms with Crippen molar-refractivity contribution in [2.24, 2.45) is 0 Å². The molecule has 0 saturated carbocycles. The summed E-state index contributed by atoms with van der Waals surface area (Å²) in [7, 11) is 1.52. The lowest BCUT2D eigenvalue weighted by Crippen LogP contribution is -1.92. The summed E-state index contributed by atoms with van der Waals surface area (Å²) in [6.07, 6.45) is 2.47. The van der Waals surface area contributed by atoms with Crippen molar-refractivity contribution < 1.29 is 14.1 Å². The van der Waals surface area contributed by atoms with Gasteiger partial charge in [0.1, 0.15) is 4.92 Å². The Balaban J connectivity index is 2.70. The molecule has 5 nitrogen and oxygen atoms in total. The van der Waals surface area contributed by atoms with Gasteiger partial charge in [-0.1, -0.05) is 29.3 Å². The molecule has 6 heteroatoms. The first-order chi connectivity index (χ1) is 9.08. The third-order valence-electron chi connectivity index (χ3n) is 2.97. The summed E-state index contributed by atoms with van der Waals surface area (Å²) >= 11 is 3.38. The lowest BCUT2D eigenvalue weighted by molar-refractivity contribution is -0.402. The van der Waals surface area contributed by atoms with Gasteiger partial charge in [-0.15, -0.1) is 0 Å². The first-order valence-electron chi connectivity index (χ1n) is 6.01. The fourth-order valence-electron chi connectivity index (χ4n) is 2.07. The number of rotatable bonds is 5. The molecule has 2 rings (SSSR count). The summed E-state index contributed by atoms with van der Waals surface area (Å²) in [6.45, 7) is 2.05. The van der Waals surface area contributed by atoms with Crippen molar-refractivity contribution in [2.75, 3.05) is 7.11 Å². The minimum Gasteiger partial charge on any atom is -0.493 e. The Morgan fingerprint density at radius 3 is 2.79 bits per heavy atom. The van der Waals surface area contributed by atoms with Crippen LogP contribution in [0.2, 0.25) is 0 Å². The molecule has 1 aromatic heterocycles. The van der Waals surface area contributed by atoms with Crippen LogP contribution in [-0.4, -0.2) is 12.0 Å². The molecule has 1 aromatic carbocycles. The van der Waals surface area contributed by atoms with E-state index in [4.69, 9.17) is 9.15 Å². The SMILES string of the molecule is CCCCc1c([N+](=O)[O-])oc2c(OC)cc(Br)cc12. The topological polar surface area (TPSA) is 65.5 Å². The predicted octanol–water partition coefficient (Wildman–Crippen LogP) is 4.45. The highest BCUT2D eigenvalue weighted by Gasteiger charge is 2.25. The lowest BCUT2D eigenvalue weighted by Gasteiger charge is -2.01. The van der Waals surface area contributed by atoms with Crippen LogP contribution in [-0.2, 0) is 6.42 Å². The van der Waals surface area contributed by atoms with Crippen LogP contribution in [0, 0.1) is 10.1 Å². The number of methoxy groups -OCH3 is 1. The van der Waals surface area contributed by atoms with Crippen molar-refractivity contribution in [3.05, 3.63) is 32.3 Å². The van der Waals surface area contributed by atoms with Crippen LogP contribution < -0.4 is 4.74 Å². The van der Waals surface area contributed by atoms with E-state index in [1.165, 1.54) is 7.11 Å². The minimum atomic E-state index is -0.474. The molecule has 0 aliphatic carbocycles. The van der Waals surface area contributed by atoms with Crippen molar-refractivity contribution in [3.8, 4) is 5.75 Å². The average molecular weight is 328 g/mol. The van der Waals surface area contributed by atoms with Gasteiger partial charge >= 0.3 is 5.88 Å². The fourth-order valence-corrected chi connectivity index (χ4v) is 2.50. The molecule has 2 aromatic rings. The second-order valence-electron chi connectivity index (χ2n) is 4.23. The van der Waals surface area contributed by atoms with Crippen LogP contribution in [0.1, 0.15) is 25.3 Å². The van der Waals surface area contributed by atoms with E-state index in [-0.39, 0.29) is 5.88 Å². The van der Waals surface area contributed by atoms with Gasteiger partial charge in [0.05, 0.1) is 12.7 Å². The third-order valence-corrected chi connectivity index (χ3v) is 3.43. The maximum absolute atomic E-state index is 11.1. The van der Waals surface area contributed by atoms with Crippen LogP contribution in [0.4, 0.5) is 5.88 Å². The highest BCUT2D eigenvalue weighted by atomic mass is 79.9. The summed E-state index contributed by atoms with van der Waals surface area (Å²) in [5.41, 5.74) is 1.07. The number of furan rings is 1. The van der Waals surface area contributed by atoms with E-state index >= 15 is 0 Å². The summed E-state index contributed by atoms with van der Waals surface area (Å²) < 4.78 is 11.4. The maximum atomic E-state index is 11.1. The quantitative estimate of drug-likeness (QED) is 0.600. The number of unbranched alkanes of at least 4 members (excludes halogenated alkanes) is 1. The van der Waals surface area contributed by atoms with E-state index in [0.29, 0.717) is 23.3 Å². The number of halogens is 1. The van der Waals surface area contributed by atoms with Crippen LogP contribution in [0.3, 0.4) is 0 Å². The Kier molecular flexibility index (Phi) is 4.09. The molecule has 0 radical (unpaired) electrons. The zero-order chi connectivity index (χ0) is 14.0. The molecule has 102 valence electrons. The molecular weight excluding hydrogens is 314 g/mol. The van der Waals surface area contributed by atoms with Gasteiger partial charge in [0.15, 0.2) is 11.3 Å². The summed E-state index contributed by atoms with van der Waals surface area (Å²) in [5.74, 6) is 0.315. The zero-order valence-electron chi connectivity index (χ0n) is 10.7. The molecule has 1 heterocycles. The number of ether oxygens (including phenoxy) is 1. The first-order valence-corrected chi connectivity index (χ1v) is 6.81. The van der Waals surface area contributed by atoms with Gasteiger partial charge in [-0.2, -0.15) is 0 Å². The molecule has 0 spiro atoms. The molecule has 19 heavy (non-hydrogen) atoms. The number of nitrogens with zero attached hydrogens (tertiary/aromatic N) is 1. The van der Waals surface area contributed by atoms with E-state index in [2.05, 4.69) is 15.9 Å². The van der Waals surface area contributed by atoms with Gasteiger partial charge in [-0.25, -0.2) is 0 Å². The van der Waals surface area contributed by atoms with E-state index in [9.17, 15) is 10.1 Å². The smallest absolute Gasteiger partial charge is 0.437 e. The minimum absolute atomic E-state index is 0.181. The lowest BCUT2D eigenvalue weighted by atomic mass is 10.1. The van der Waals surface area contributed by atoms with Gasteiger partial charge in [0.25, 0.3) is 0 Å². The molecule has 0 amide bonds. The first kappa shape index (κ1) is 13.9. The molecule has 0 aliphatic heterocycles. The van der Waals surface area contributed by atoms with Crippen molar-refractivity contribution in [2.45, 2.75) is 26.2 Å². The zero-order valence-corrected chi connectivity index (χ0v) is 12.3. The molecule has 0 atom stereocenters. The maximum Gasteiger partial charge on any atom is 0.437 e. The second-order valence-corrected chi connectivity index (χ2v) is 5.15. The number of hydrogen-bond donors (Lipinski definition) is 0. The predicted molar refractivity (Wildman–Crippen MR) is 75.7 cm³/mol. The van der Waals surface area contributed by atoms with Gasteiger partial charge in [0, 0.05) is 9.86 Å². The average Bonchev–Trinajstić information content (AvgIpc) is 2.74. The normalized spacial score (nSPS) is 10.9. The Hall–Kier alpha value is -1.56. The Labute approximate surface area is 118 Å². The van der Waals surface area contributed by atoms with Gasteiger partial charge in [-0.05, 0) is 25.0 Å². The van der Waals surface area contributed by atoms with Gasteiger partial charge in [-0.3, -0.25) is 10.1 Å². The molecule has 0 N–H and O–H groups in total. The number of aryl methyl sites for hydroxylation is 1. The van der Waals surface area contributed by atoms with Crippen molar-refractivity contribution >= 4 is 32.8 Å². The molecule has 0 unspecified atom stereocenters. The monoisotopic (exact) mass is 327 g/mol. The molecule has 0 saturated heterocycles. The summed E-state index contributed by atoms with van der Waals surface area (Å²) in [5, 5.41) is 11.8. The standard InChI is InChI=1S/C13H14BrNO4/c1-3-4-5-9-10-6-8(14)7-11(18-2)12(10)19-13(9)15(16)17/h6-7H,3-5H2,1-2H3. The number of hydrogen-bond acceptors (Lipinski definition) is 4. The Morgan fingerprint density at radius 2 is 2.21 bits per heavy atom. The van der Waals surface area contributed by atoms with E-state index in [0.717, 1.165) is 22.7 Å². The highest BCUT2D eigenvalue weighted by Crippen LogP contribution is 2.39. The number of nitro groups is 1. The third kappa shape index (κ3) is 2.58. The molecular formula is C13H14BrNO4. The van der Waals surface area contributed by atoms with Crippen LogP contribution >= 0.6 is 15.9 Å². The van der Waals surface area contributed by atoms with E-state index in [1.54, 1.807) is 6.07 Å².